The number of esters is 1. The molecule has 0 saturated carbocycles. The molecule has 9 N–H and O–H groups in total. The number of phenols is 4. The fraction of sp³-hybridized carbons (Fsp3) is 0.483. The van der Waals surface area contributed by atoms with E-state index in [0.717, 1.165) is 6.08 Å². The molecular formula is C29H36O15. The molecule has 4 unspecified atom stereocenters. The van der Waals surface area contributed by atoms with E-state index in [4.69, 9.17) is 23.7 Å². The number of rotatable bonds is 10. The van der Waals surface area contributed by atoms with Crippen LogP contribution in [0.5, 0.6) is 23.0 Å². The zero-order valence-corrected chi connectivity index (χ0v) is 23.5. The van der Waals surface area contributed by atoms with Gasteiger partial charge in [-0.05, 0) is 54.8 Å². The van der Waals surface area contributed by atoms with E-state index in [-0.39, 0.29) is 30.3 Å². The number of benzene rings is 2. The van der Waals surface area contributed by atoms with Gasteiger partial charge in [0.25, 0.3) is 0 Å². The molecule has 15 heteroatoms. The Morgan fingerprint density at radius 3 is 2.16 bits per heavy atom. The Bertz CT molecular complexity index is 1300. The van der Waals surface area contributed by atoms with Crippen molar-refractivity contribution in [2.45, 2.75) is 74.8 Å². The Balaban J connectivity index is 1.52. The van der Waals surface area contributed by atoms with Gasteiger partial charge in [-0.2, -0.15) is 0 Å². The van der Waals surface area contributed by atoms with Crippen LogP contribution >= 0.6 is 0 Å². The van der Waals surface area contributed by atoms with Crippen molar-refractivity contribution >= 4 is 12.0 Å². The topological polar surface area (TPSA) is 245 Å². The highest BCUT2D eigenvalue weighted by atomic mass is 16.7. The molecule has 0 aromatic heterocycles. The predicted octanol–water partition coefficient (Wildman–Crippen LogP) is -1.02. The molecule has 0 radical (unpaired) electrons. The van der Waals surface area contributed by atoms with E-state index in [1.165, 1.54) is 43.3 Å². The molecule has 2 aliphatic rings. The number of phenolic OH excluding ortho intramolecular Hbond substituents is 4. The van der Waals surface area contributed by atoms with E-state index >= 15 is 0 Å². The van der Waals surface area contributed by atoms with Crippen LogP contribution in [0.15, 0.2) is 42.5 Å². The third kappa shape index (κ3) is 7.76. The predicted molar refractivity (Wildman–Crippen MR) is 147 cm³/mol. The first-order valence-corrected chi connectivity index (χ1v) is 13.7. The van der Waals surface area contributed by atoms with Gasteiger partial charge in [0.15, 0.2) is 41.7 Å². The second kappa shape index (κ2) is 14.5. The summed E-state index contributed by atoms with van der Waals surface area (Å²) < 4.78 is 28.2. The number of aliphatic hydroxyl groups excluding tert-OH is 5. The second-order valence-electron chi connectivity index (χ2n) is 10.4. The molecule has 2 fully saturated rings. The number of carbonyl (C=O) groups excluding carboxylic acids is 1. The molecule has 15 nitrogen and oxygen atoms in total. The molecule has 0 bridgehead atoms. The van der Waals surface area contributed by atoms with E-state index in [2.05, 4.69) is 0 Å². The van der Waals surface area contributed by atoms with Crippen molar-refractivity contribution in [2.75, 3.05) is 13.2 Å². The summed E-state index contributed by atoms with van der Waals surface area (Å²) >= 11 is 0. The van der Waals surface area contributed by atoms with Gasteiger partial charge in [0, 0.05) is 6.08 Å². The van der Waals surface area contributed by atoms with Gasteiger partial charge < -0.3 is 69.6 Å². The zero-order chi connectivity index (χ0) is 32.1. The molecule has 44 heavy (non-hydrogen) atoms. The smallest absolute Gasteiger partial charge is 0.331 e. The number of ether oxygens (including phenoxy) is 5. The van der Waals surface area contributed by atoms with Crippen molar-refractivity contribution in [1.82, 2.24) is 0 Å². The molecule has 2 aromatic carbocycles. The average molecular weight is 625 g/mol. The zero-order valence-electron chi connectivity index (χ0n) is 23.5. The lowest BCUT2D eigenvalue weighted by atomic mass is 9.97. The maximum absolute atomic E-state index is 12.8. The Labute approximate surface area is 251 Å². The van der Waals surface area contributed by atoms with Gasteiger partial charge in [-0.25, -0.2) is 4.79 Å². The van der Waals surface area contributed by atoms with Crippen LogP contribution in [0, 0.1) is 0 Å². The molecule has 2 aromatic rings. The van der Waals surface area contributed by atoms with Crippen molar-refractivity contribution < 1.29 is 74.4 Å². The molecule has 0 amide bonds. The van der Waals surface area contributed by atoms with Crippen molar-refractivity contribution in [3.05, 3.63) is 53.6 Å². The minimum atomic E-state index is -1.77. The van der Waals surface area contributed by atoms with Crippen molar-refractivity contribution in [3.8, 4) is 23.0 Å². The van der Waals surface area contributed by atoms with Crippen LogP contribution in [-0.2, 0) is 34.9 Å². The van der Waals surface area contributed by atoms with Crippen molar-refractivity contribution in [1.29, 1.82) is 0 Å². The molecule has 0 spiro atoms. The summed E-state index contributed by atoms with van der Waals surface area (Å²) in [4.78, 5) is 12.8. The molecule has 2 saturated heterocycles. The quantitative estimate of drug-likeness (QED) is 0.0873. The summed E-state index contributed by atoms with van der Waals surface area (Å²) in [7, 11) is 0. The van der Waals surface area contributed by atoms with E-state index in [1.807, 2.05) is 0 Å². The fourth-order valence-electron chi connectivity index (χ4n) is 4.76. The maximum Gasteiger partial charge on any atom is 0.331 e. The molecule has 0 aliphatic carbocycles. The number of carbonyl (C=O) groups is 1. The number of hydrogen-bond acceptors (Lipinski definition) is 15. The van der Waals surface area contributed by atoms with E-state index in [1.54, 1.807) is 6.07 Å². The largest absolute Gasteiger partial charge is 0.504 e. The minimum Gasteiger partial charge on any atom is -0.504 e. The second-order valence-corrected chi connectivity index (χ2v) is 10.4. The van der Waals surface area contributed by atoms with Crippen LogP contribution in [0.4, 0.5) is 0 Å². The third-order valence-electron chi connectivity index (χ3n) is 7.27. The summed E-state index contributed by atoms with van der Waals surface area (Å²) in [6, 6.07) is 7.98. The maximum atomic E-state index is 12.8. The summed E-state index contributed by atoms with van der Waals surface area (Å²) in [5, 5.41) is 90.5. The van der Waals surface area contributed by atoms with Crippen molar-refractivity contribution in [2.24, 2.45) is 0 Å². The molecule has 4 rings (SSSR count). The average Bonchev–Trinajstić information content (AvgIpc) is 2.99. The Kier molecular flexibility index (Phi) is 11.0. The van der Waals surface area contributed by atoms with Gasteiger partial charge in [0.05, 0.1) is 19.3 Å². The Hall–Kier alpha value is -3.51. The van der Waals surface area contributed by atoms with Crippen molar-refractivity contribution in [3.63, 3.8) is 0 Å². The standard InChI is InChI=1S/C29H36O15/c1-13-22(36)23(37)24(38)29(41-13)44-27-25(39)28(40-9-8-15-3-6-17(32)19(34)11-15)42-20(12-30)26(27)43-21(35)7-4-14-2-5-16(31)18(33)10-14/h2-7,10-11,13,20,22-34,36-39H,8-9,12H2,1H3/t13?,20?,22-,23-,24?,25?,26-,27+,28+,29-/m0/s1. The Morgan fingerprint density at radius 1 is 0.818 bits per heavy atom. The number of hydrogen-bond donors (Lipinski definition) is 9. The molecule has 2 aliphatic heterocycles. The first-order valence-electron chi connectivity index (χ1n) is 13.7. The summed E-state index contributed by atoms with van der Waals surface area (Å²) in [5.41, 5.74) is 0.914. The van der Waals surface area contributed by atoms with Crippen LogP contribution in [0.3, 0.4) is 0 Å². The van der Waals surface area contributed by atoms with E-state index in [9.17, 15) is 50.8 Å². The highest BCUT2D eigenvalue weighted by Crippen LogP contribution is 2.32. The number of aliphatic hydroxyl groups is 5. The SMILES string of the molecule is CC1O[C@@H](O[C@@H]2C(O)[C@H](OCCc3ccc(O)c(O)c3)OC(CO)[C@@H]2OC(=O)C=Cc2ccc(O)c(O)c2)C(O)[C@@H](O)[C@H]1O. The van der Waals surface area contributed by atoms with Gasteiger partial charge in [-0.15, -0.1) is 0 Å². The van der Waals surface area contributed by atoms with Gasteiger partial charge in [-0.3, -0.25) is 0 Å². The van der Waals surface area contributed by atoms with E-state index < -0.39 is 79.7 Å². The summed E-state index contributed by atoms with van der Waals surface area (Å²) in [6.07, 6.45) is -12.6. The fourth-order valence-corrected chi connectivity index (χ4v) is 4.76. The summed E-state index contributed by atoms with van der Waals surface area (Å²) in [5.74, 6) is -2.40. The monoisotopic (exact) mass is 624 g/mol. The van der Waals surface area contributed by atoms with Gasteiger partial charge in [0.2, 0.25) is 0 Å². The lowest BCUT2D eigenvalue weighted by molar-refractivity contribution is -0.357. The van der Waals surface area contributed by atoms with Crippen LogP contribution < -0.4 is 0 Å². The van der Waals surface area contributed by atoms with Gasteiger partial charge in [0.1, 0.15) is 36.6 Å². The van der Waals surface area contributed by atoms with Crippen LogP contribution in [0.25, 0.3) is 6.08 Å². The minimum absolute atomic E-state index is 0.0754. The normalized spacial score (nSPS) is 32.5. The highest BCUT2D eigenvalue weighted by Gasteiger charge is 2.52. The van der Waals surface area contributed by atoms with Gasteiger partial charge in [-0.1, -0.05) is 12.1 Å². The molecule has 242 valence electrons. The van der Waals surface area contributed by atoms with E-state index in [0.29, 0.717) is 11.1 Å². The van der Waals surface area contributed by atoms with Crippen LogP contribution in [-0.4, -0.2) is 127 Å². The van der Waals surface area contributed by atoms with Crippen LogP contribution in [0.2, 0.25) is 0 Å². The first kappa shape index (κ1) is 33.4. The lowest BCUT2D eigenvalue weighted by Gasteiger charge is -2.46. The lowest BCUT2D eigenvalue weighted by Crippen LogP contribution is -2.65. The highest BCUT2D eigenvalue weighted by molar-refractivity contribution is 5.87. The third-order valence-corrected chi connectivity index (χ3v) is 7.27. The molecule has 2 heterocycles. The van der Waals surface area contributed by atoms with Gasteiger partial charge >= 0.3 is 5.97 Å². The van der Waals surface area contributed by atoms with Crippen LogP contribution in [0.1, 0.15) is 18.1 Å². The number of aromatic hydroxyl groups is 4. The first-order chi connectivity index (χ1) is 20.9. The summed E-state index contributed by atoms with van der Waals surface area (Å²) in [6.45, 7) is 0.606. The Morgan fingerprint density at radius 2 is 1.50 bits per heavy atom. The molecular weight excluding hydrogens is 588 g/mol. The molecule has 10 atom stereocenters.